The topological polar surface area (TPSA) is 63.3 Å². The van der Waals surface area contributed by atoms with Crippen LogP contribution in [0.2, 0.25) is 0 Å². The molecule has 0 aliphatic heterocycles. The summed E-state index contributed by atoms with van der Waals surface area (Å²) in [5, 5.41) is 10.3. The molecule has 1 atom stereocenters. The van der Waals surface area contributed by atoms with Gasteiger partial charge in [-0.15, -0.1) is 11.3 Å². The number of halogens is 1. The second kappa shape index (κ2) is 4.02. The highest BCUT2D eigenvalue weighted by Gasteiger charge is 2.11. The molecule has 1 heterocycles. The first-order chi connectivity index (χ1) is 5.59. The maximum absolute atomic E-state index is 10.3. The average Bonchev–Trinajstić information content (AvgIpc) is 2.34. The van der Waals surface area contributed by atoms with Crippen LogP contribution in [0.1, 0.15) is 18.0 Å². The summed E-state index contributed by atoms with van der Waals surface area (Å²) >= 11 is 4.79. The Labute approximate surface area is 82.3 Å². The van der Waals surface area contributed by atoms with Crippen molar-refractivity contribution >= 4 is 33.2 Å². The van der Waals surface area contributed by atoms with Gasteiger partial charge in [0.15, 0.2) is 0 Å². The standard InChI is InChI=1S/C7H8BrNO2S/c8-6-1-4(3-12-6)5(9)2-7(10)11/h1,3,5H,2,9H2,(H,10,11). The number of thiophene rings is 1. The van der Waals surface area contributed by atoms with Crippen molar-refractivity contribution in [3.63, 3.8) is 0 Å². The van der Waals surface area contributed by atoms with E-state index in [1.54, 1.807) is 0 Å². The van der Waals surface area contributed by atoms with Gasteiger partial charge in [0.25, 0.3) is 0 Å². The van der Waals surface area contributed by atoms with Crippen molar-refractivity contribution in [1.82, 2.24) is 0 Å². The van der Waals surface area contributed by atoms with Crippen molar-refractivity contribution in [2.75, 3.05) is 0 Å². The van der Waals surface area contributed by atoms with Gasteiger partial charge in [0, 0.05) is 6.04 Å². The highest BCUT2D eigenvalue weighted by molar-refractivity contribution is 9.11. The van der Waals surface area contributed by atoms with Crippen molar-refractivity contribution in [3.05, 3.63) is 20.8 Å². The lowest BCUT2D eigenvalue weighted by Crippen LogP contribution is -2.13. The molecule has 5 heteroatoms. The first-order valence-corrected chi connectivity index (χ1v) is 4.98. The van der Waals surface area contributed by atoms with Crippen LogP contribution in [0.15, 0.2) is 15.2 Å². The number of hydrogen-bond acceptors (Lipinski definition) is 3. The van der Waals surface area contributed by atoms with E-state index in [0.717, 1.165) is 9.35 Å². The molecule has 0 aliphatic rings. The molecule has 1 rings (SSSR count). The molecule has 0 bridgehead atoms. The molecule has 0 fully saturated rings. The molecule has 1 aromatic heterocycles. The SMILES string of the molecule is NC(CC(=O)O)c1csc(Br)c1. The average molecular weight is 250 g/mol. The Morgan fingerprint density at radius 3 is 2.92 bits per heavy atom. The second-order valence-electron chi connectivity index (χ2n) is 2.39. The Morgan fingerprint density at radius 2 is 2.50 bits per heavy atom. The molecule has 12 heavy (non-hydrogen) atoms. The number of hydrogen-bond donors (Lipinski definition) is 2. The summed E-state index contributed by atoms with van der Waals surface area (Å²) in [6.07, 6.45) is -0.0246. The van der Waals surface area contributed by atoms with Gasteiger partial charge in [-0.05, 0) is 32.9 Å². The lowest BCUT2D eigenvalue weighted by molar-refractivity contribution is -0.137. The molecule has 0 spiro atoms. The second-order valence-corrected chi connectivity index (χ2v) is 4.68. The molecule has 0 aromatic carbocycles. The van der Waals surface area contributed by atoms with Crippen LogP contribution < -0.4 is 5.73 Å². The van der Waals surface area contributed by atoms with Crippen LogP contribution in [0.4, 0.5) is 0 Å². The zero-order valence-electron chi connectivity index (χ0n) is 6.16. The quantitative estimate of drug-likeness (QED) is 0.862. The van der Waals surface area contributed by atoms with Crippen LogP contribution in [0.3, 0.4) is 0 Å². The van der Waals surface area contributed by atoms with Crippen molar-refractivity contribution in [3.8, 4) is 0 Å². The Kier molecular flexibility index (Phi) is 3.25. The van der Waals surface area contributed by atoms with Crippen molar-refractivity contribution in [1.29, 1.82) is 0 Å². The molecule has 66 valence electrons. The highest BCUT2D eigenvalue weighted by Crippen LogP contribution is 2.25. The molecule has 0 saturated carbocycles. The van der Waals surface area contributed by atoms with Crippen molar-refractivity contribution < 1.29 is 9.90 Å². The van der Waals surface area contributed by atoms with Crippen LogP contribution in [0.25, 0.3) is 0 Å². The number of carboxylic acids is 1. The smallest absolute Gasteiger partial charge is 0.305 e. The lowest BCUT2D eigenvalue weighted by Gasteiger charge is -2.04. The van der Waals surface area contributed by atoms with Gasteiger partial charge in [0.1, 0.15) is 0 Å². The number of aliphatic carboxylic acids is 1. The molecule has 0 amide bonds. The Morgan fingerprint density at radius 1 is 1.83 bits per heavy atom. The van der Waals surface area contributed by atoms with E-state index in [1.807, 2.05) is 11.4 Å². The molecule has 0 radical (unpaired) electrons. The van der Waals surface area contributed by atoms with Crippen LogP contribution in [-0.2, 0) is 4.79 Å². The first-order valence-electron chi connectivity index (χ1n) is 3.31. The highest BCUT2D eigenvalue weighted by atomic mass is 79.9. The van der Waals surface area contributed by atoms with E-state index in [1.165, 1.54) is 11.3 Å². The van der Waals surface area contributed by atoms with Crippen LogP contribution >= 0.6 is 27.3 Å². The maximum atomic E-state index is 10.3. The van der Waals surface area contributed by atoms with Gasteiger partial charge in [-0.25, -0.2) is 0 Å². The predicted octanol–water partition coefficient (Wildman–Crippen LogP) is 1.99. The van der Waals surface area contributed by atoms with Gasteiger partial charge in [0.2, 0.25) is 0 Å². The molecule has 1 aromatic rings. The third-order valence-corrected chi connectivity index (χ3v) is 2.93. The molecule has 0 saturated heterocycles. The summed E-state index contributed by atoms with van der Waals surface area (Å²) in [6.45, 7) is 0. The van der Waals surface area contributed by atoms with Gasteiger partial charge in [0.05, 0.1) is 10.2 Å². The van der Waals surface area contributed by atoms with Gasteiger partial charge in [-0.2, -0.15) is 0 Å². The molecular formula is C7H8BrNO2S. The van der Waals surface area contributed by atoms with E-state index in [-0.39, 0.29) is 6.42 Å². The number of carboxylic acid groups (broad SMARTS) is 1. The van der Waals surface area contributed by atoms with E-state index >= 15 is 0 Å². The fourth-order valence-corrected chi connectivity index (χ4v) is 2.06. The third-order valence-electron chi connectivity index (χ3n) is 1.41. The van der Waals surface area contributed by atoms with Gasteiger partial charge in [-0.3, -0.25) is 4.79 Å². The molecule has 3 nitrogen and oxygen atoms in total. The van der Waals surface area contributed by atoms with E-state index < -0.39 is 12.0 Å². The molecule has 3 N–H and O–H groups in total. The summed E-state index contributed by atoms with van der Waals surface area (Å²) in [5.41, 5.74) is 6.48. The Hall–Kier alpha value is -0.390. The minimum absolute atomic E-state index is 0.0246. The predicted molar refractivity (Wildman–Crippen MR) is 51.2 cm³/mol. The van der Waals surface area contributed by atoms with Gasteiger partial charge < -0.3 is 10.8 Å². The third kappa shape index (κ3) is 2.58. The summed E-state index contributed by atoms with van der Waals surface area (Å²) in [4.78, 5) is 10.3. The minimum Gasteiger partial charge on any atom is -0.481 e. The monoisotopic (exact) mass is 249 g/mol. The first kappa shape index (κ1) is 9.70. The maximum Gasteiger partial charge on any atom is 0.305 e. The summed E-state index contributed by atoms with van der Waals surface area (Å²) in [7, 11) is 0. The van der Waals surface area contributed by atoms with Gasteiger partial charge in [-0.1, -0.05) is 0 Å². The van der Waals surface area contributed by atoms with Crippen molar-refractivity contribution in [2.24, 2.45) is 5.73 Å². The molecule has 0 aliphatic carbocycles. The normalized spacial score (nSPS) is 12.8. The summed E-state index contributed by atoms with van der Waals surface area (Å²) in [5.74, 6) is -0.871. The van der Waals surface area contributed by atoms with E-state index in [0.29, 0.717) is 0 Å². The van der Waals surface area contributed by atoms with Crippen molar-refractivity contribution in [2.45, 2.75) is 12.5 Å². The summed E-state index contributed by atoms with van der Waals surface area (Å²) < 4.78 is 0.971. The lowest BCUT2D eigenvalue weighted by atomic mass is 10.1. The summed E-state index contributed by atoms with van der Waals surface area (Å²) in [6, 6.07) is 1.45. The van der Waals surface area contributed by atoms with E-state index in [4.69, 9.17) is 10.8 Å². The number of nitrogens with two attached hydrogens (primary N) is 1. The fourth-order valence-electron chi connectivity index (χ4n) is 0.824. The van der Waals surface area contributed by atoms with E-state index in [2.05, 4.69) is 15.9 Å². The van der Waals surface area contributed by atoms with Crippen LogP contribution in [0.5, 0.6) is 0 Å². The van der Waals surface area contributed by atoms with Gasteiger partial charge >= 0.3 is 5.97 Å². The minimum atomic E-state index is -0.871. The zero-order chi connectivity index (χ0) is 9.14. The largest absolute Gasteiger partial charge is 0.481 e. The molecular weight excluding hydrogens is 242 g/mol. The van der Waals surface area contributed by atoms with Crippen LogP contribution in [0, 0.1) is 0 Å². The Balaban J connectivity index is 2.64. The molecule has 1 unspecified atom stereocenters. The Bertz CT molecular complexity index is 287. The van der Waals surface area contributed by atoms with E-state index in [9.17, 15) is 4.79 Å². The number of carbonyl (C=O) groups is 1. The van der Waals surface area contributed by atoms with Crippen LogP contribution in [-0.4, -0.2) is 11.1 Å². The number of rotatable bonds is 3. The fraction of sp³-hybridized carbons (Fsp3) is 0.286. The zero-order valence-corrected chi connectivity index (χ0v) is 8.56.